The fourth-order valence-electron chi connectivity index (χ4n) is 4.94. The molecule has 0 amide bonds. The maximum absolute atomic E-state index is 13.6. The molecule has 0 bridgehead atoms. The summed E-state index contributed by atoms with van der Waals surface area (Å²) in [6.45, 7) is 2.89. The normalized spacial score (nSPS) is 33.5. The number of fused-ring (bicyclic) bond motifs is 1. The van der Waals surface area contributed by atoms with E-state index in [0.717, 1.165) is 12.1 Å². The van der Waals surface area contributed by atoms with Crippen molar-refractivity contribution in [2.45, 2.75) is 69.2 Å². The van der Waals surface area contributed by atoms with Crippen LogP contribution in [0.3, 0.4) is 0 Å². The number of phenolic OH excluding ortho intramolecular Hbond substituents is 3. The highest BCUT2D eigenvalue weighted by Gasteiger charge is 2.47. The second kappa shape index (κ2) is 11.7. The summed E-state index contributed by atoms with van der Waals surface area (Å²) in [5, 5.41) is 82.1. The number of rotatable bonds is 6. The molecule has 3 aromatic rings. The number of benzene rings is 2. The molecule has 2 fully saturated rings. The van der Waals surface area contributed by atoms with E-state index in [2.05, 4.69) is 0 Å². The van der Waals surface area contributed by atoms with Crippen molar-refractivity contribution in [3.05, 3.63) is 46.6 Å². The average molecular weight is 593 g/mol. The molecule has 10 atom stereocenters. The number of aromatic hydroxyl groups is 3. The Morgan fingerprint density at radius 3 is 2.14 bits per heavy atom. The molecule has 14 nitrogen and oxygen atoms in total. The molecule has 5 rings (SSSR count). The molecule has 14 heteroatoms. The van der Waals surface area contributed by atoms with Crippen molar-refractivity contribution in [3.8, 4) is 34.3 Å². The summed E-state index contributed by atoms with van der Waals surface area (Å²) in [6.07, 6.45) is -12.9. The molecule has 1 aromatic heterocycles. The van der Waals surface area contributed by atoms with Crippen LogP contribution in [-0.4, -0.2) is 103 Å². The van der Waals surface area contributed by atoms with Crippen LogP contribution in [0.25, 0.3) is 22.3 Å². The molecule has 42 heavy (non-hydrogen) atoms. The summed E-state index contributed by atoms with van der Waals surface area (Å²) in [5.74, 6) is -2.26. The molecule has 0 spiro atoms. The average Bonchev–Trinajstić information content (AvgIpc) is 2.95. The lowest BCUT2D eigenvalue weighted by Gasteiger charge is -2.42. The first-order chi connectivity index (χ1) is 19.9. The van der Waals surface area contributed by atoms with Crippen LogP contribution in [0, 0.1) is 5.92 Å². The third-order valence-electron chi connectivity index (χ3n) is 7.63. The van der Waals surface area contributed by atoms with Gasteiger partial charge in [-0.2, -0.15) is 0 Å². The van der Waals surface area contributed by atoms with Crippen molar-refractivity contribution >= 4 is 11.0 Å². The zero-order valence-electron chi connectivity index (χ0n) is 22.5. The van der Waals surface area contributed by atoms with Gasteiger partial charge < -0.3 is 64.2 Å². The van der Waals surface area contributed by atoms with Crippen molar-refractivity contribution < 1.29 is 64.2 Å². The molecule has 2 aliphatic heterocycles. The van der Waals surface area contributed by atoms with Gasteiger partial charge in [0.05, 0.1) is 18.8 Å². The van der Waals surface area contributed by atoms with Crippen LogP contribution in [0.15, 0.2) is 45.6 Å². The van der Waals surface area contributed by atoms with Crippen LogP contribution in [0.5, 0.6) is 23.0 Å². The Morgan fingerprint density at radius 1 is 0.786 bits per heavy atom. The summed E-state index contributed by atoms with van der Waals surface area (Å²) in [7, 11) is 0. The summed E-state index contributed by atoms with van der Waals surface area (Å²) >= 11 is 0. The van der Waals surface area contributed by atoms with Gasteiger partial charge in [0.15, 0.2) is 12.1 Å². The van der Waals surface area contributed by atoms with Gasteiger partial charge in [0.2, 0.25) is 17.5 Å². The van der Waals surface area contributed by atoms with Crippen molar-refractivity contribution in [1.29, 1.82) is 0 Å². The number of phenols is 3. The Bertz CT molecular complexity index is 1470. The topological polar surface area (TPSA) is 229 Å². The van der Waals surface area contributed by atoms with E-state index in [1.807, 2.05) is 0 Å². The van der Waals surface area contributed by atoms with E-state index >= 15 is 0 Å². The van der Waals surface area contributed by atoms with Crippen molar-refractivity contribution in [2.75, 3.05) is 6.61 Å². The van der Waals surface area contributed by atoms with E-state index in [4.69, 9.17) is 23.4 Å². The Kier molecular flexibility index (Phi) is 8.33. The minimum atomic E-state index is -1.88. The minimum Gasteiger partial charge on any atom is -0.508 e. The van der Waals surface area contributed by atoms with E-state index in [9.17, 15) is 45.6 Å². The third-order valence-corrected chi connectivity index (χ3v) is 7.63. The molecule has 3 heterocycles. The summed E-state index contributed by atoms with van der Waals surface area (Å²) in [6, 6.07) is 7.43. The SMILES string of the molecule is CC1OC(OCC2OC(Oc3c(-c4ccc(O)cc4)oc4cc(O)cc(O)c4c3=O)C(O)C(O)C2O)C(O)C(O)C1C. The molecular weight excluding hydrogens is 560 g/mol. The Labute approximate surface area is 238 Å². The summed E-state index contributed by atoms with van der Waals surface area (Å²) in [4.78, 5) is 13.6. The molecule has 8 N–H and O–H groups in total. The van der Waals surface area contributed by atoms with Crippen LogP contribution in [0.2, 0.25) is 0 Å². The fourth-order valence-corrected chi connectivity index (χ4v) is 4.94. The van der Waals surface area contributed by atoms with E-state index in [1.54, 1.807) is 13.8 Å². The molecule has 2 aromatic carbocycles. The molecule has 10 unspecified atom stereocenters. The zero-order valence-corrected chi connectivity index (χ0v) is 22.5. The molecule has 2 aliphatic rings. The van der Waals surface area contributed by atoms with Gasteiger partial charge in [-0.3, -0.25) is 4.79 Å². The lowest BCUT2D eigenvalue weighted by molar-refractivity contribution is -0.313. The zero-order chi connectivity index (χ0) is 30.5. The predicted molar refractivity (Wildman–Crippen MR) is 142 cm³/mol. The maximum atomic E-state index is 13.6. The van der Waals surface area contributed by atoms with Gasteiger partial charge in [0.1, 0.15) is 58.7 Å². The van der Waals surface area contributed by atoms with Crippen molar-refractivity contribution in [3.63, 3.8) is 0 Å². The van der Waals surface area contributed by atoms with Crippen LogP contribution in [-0.2, 0) is 14.2 Å². The lowest BCUT2D eigenvalue weighted by atomic mass is 9.92. The smallest absolute Gasteiger partial charge is 0.239 e. The quantitative estimate of drug-likeness (QED) is 0.187. The number of hydrogen-bond acceptors (Lipinski definition) is 14. The maximum Gasteiger partial charge on any atom is 0.239 e. The number of hydrogen-bond donors (Lipinski definition) is 8. The molecule has 0 radical (unpaired) electrons. The van der Waals surface area contributed by atoms with Gasteiger partial charge in [-0.1, -0.05) is 6.92 Å². The van der Waals surface area contributed by atoms with Gasteiger partial charge in [0, 0.05) is 23.6 Å². The van der Waals surface area contributed by atoms with Crippen LogP contribution in [0.4, 0.5) is 0 Å². The number of aliphatic hydroxyl groups excluding tert-OH is 5. The largest absolute Gasteiger partial charge is 0.508 e. The Balaban J connectivity index is 1.46. The van der Waals surface area contributed by atoms with Gasteiger partial charge in [-0.05, 0) is 31.2 Å². The van der Waals surface area contributed by atoms with Gasteiger partial charge >= 0.3 is 0 Å². The molecule has 0 saturated carbocycles. The second-order valence-corrected chi connectivity index (χ2v) is 10.5. The standard InChI is InChI=1S/C28H32O14/c1-10-11(2)39-27(23(36)19(10)32)38-9-17-20(33)22(35)24(37)28(41-17)42-26-21(34)18-15(31)7-14(30)8-16(18)40-25(26)12-3-5-13(29)6-4-12/h3-8,10-11,17,19-20,22-24,27-33,35-37H,9H2,1-2H3. The summed E-state index contributed by atoms with van der Waals surface area (Å²) in [5.41, 5.74) is -0.894. The Morgan fingerprint density at radius 2 is 1.45 bits per heavy atom. The van der Waals surface area contributed by atoms with E-state index in [-0.39, 0.29) is 39.7 Å². The molecule has 0 aliphatic carbocycles. The van der Waals surface area contributed by atoms with E-state index in [1.165, 1.54) is 24.3 Å². The van der Waals surface area contributed by atoms with Crippen LogP contribution < -0.4 is 10.2 Å². The van der Waals surface area contributed by atoms with Gasteiger partial charge in [-0.15, -0.1) is 0 Å². The Hall–Kier alpha value is -3.47. The fraction of sp³-hybridized carbons (Fsp3) is 0.464. The number of ether oxygens (including phenoxy) is 4. The van der Waals surface area contributed by atoms with Gasteiger partial charge in [-0.25, -0.2) is 0 Å². The lowest BCUT2D eigenvalue weighted by Crippen LogP contribution is -2.61. The van der Waals surface area contributed by atoms with E-state index < -0.39 is 78.8 Å². The highest BCUT2D eigenvalue weighted by Crippen LogP contribution is 2.37. The monoisotopic (exact) mass is 592 g/mol. The molecular formula is C28H32O14. The van der Waals surface area contributed by atoms with E-state index in [0.29, 0.717) is 0 Å². The first-order valence-electron chi connectivity index (χ1n) is 13.2. The number of aliphatic hydroxyl groups is 5. The first kappa shape index (κ1) is 30.0. The predicted octanol–water partition coefficient (Wildman–Crippen LogP) is -0.117. The van der Waals surface area contributed by atoms with Gasteiger partial charge in [0.25, 0.3) is 0 Å². The second-order valence-electron chi connectivity index (χ2n) is 10.5. The van der Waals surface area contributed by atoms with Crippen LogP contribution in [0.1, 0.15) is 13.8 Å². The minimum absolute atomic E-state index is 0.0888. The van der Waals surface area contributed by atoms with Crippen molar-refractivity contribution in [1.82, 2.24) is 0 Å². The third kappa shape index (κ3) is 5.50. The highest BCUT2D eigenvalue weighted by molar-refractivity contribution is 5.88. The summed E-state index contributed by atoms with van der Waals surface area (Å²) < 4.78 is 28.4. The molecule has 2 saturated heterocycles. The molecule has 228 valence electrons. The van der Waals surface area contributed by atoms with Crippen LogP contribution >= 0.6 is 0 Å². The highest BCUT2D eigenvalue weighted by atomic mass is 16.7. The first-order valence-corrected chi connectivity index (χ1v) is 13.2. The van der Waals surface area contributed by atoms with Crippen molar-refractivity contribution in [2.24, 2.45) is 5.92 Å².